The highest BCUT2D eigenvalue weighted by Crippen LogP contribution is 1.92. The summed E-state index contributed by atoms with van der Waals surface area (Å²) in [6.07, 6.45) is 0. The molecule has 0 spiro atoms. The average Bonchev–Trinajstić information content (AvgIpc) is 2.12. The van der Waals surface area contributed by atoms with Crippen molar-refractivity contribution in [1.82, 2.24) is 10.4 Å². The summed E-state index contributed by atoms with van der Waals surface area (Å²) in [7, 11) is 1.94. The highest BCUT2D eigenvalue weighted by atomic mass is 15.6. The number of nitrogens with one attached hydrogen (secondary N) is 1. The van der Waals surface area contributed by atoms with Crippen LogP contribution in [0.3, 0.4) is 0 Å². The molecule has 2 heteroatoms. The molecule has 1 rings (SSSR count). The first kappa shape index (κ1) is 3.12. The van der Waals surface area contributed by atoms with Crippen molar-refractivity contribution in [3.63, 3.8) is 0 Å². The lowest BCUT2D eigenvalue weighted by molar-refractivity contribution is 0.455. The first-order valence-corrected chi connectivity index (χ1v) is 1.86. The van der Waals surface area contributed by atoms with Gasteiger partial charge in [0.05, 0.1) is 0 Å². The SMILES string of the molecule is CNN1CC1. The van der Waals surface area contributed by atoms with Gasteiger partial charge in [-0.1, -0.05) is 0 Å². The van der Waals surface area contributed by atoms with E-state index in [-0.39, 0.29) is 0 Å². The first-order chi connectivity index (χ1) is 2.43. The van der Waals surface area contributed by atoms with Crippen LogP contribution in [0.15, 0.2) is 0 Å². The van der Waals surface area contributed by atoms with Gasteiger partial charge in [0, 0.05) is 13.1 Å². The molecule has 1 fully saturated rings. The van der Waals surface area contributed by atoms with E-state index in [2.05, 4.69) is 10.4 Å². The van der Waals surface area contributed by atoms with E-state index in [9.17, 15) is 0 Å². The number of rotatable bonds is 1. The van der Waals surface area contributed by atoms with E-state index < -0.39 is 0 Å². The van der Waals surface area contributed by atoms with Gasteiger partial charge in [-0.3, -0.25) is 5.43 Å². The lowest BCUT2D eigenvalue weighted by Gasteiger charge is -1.87. The molecule has 1 aliphatic heterocycles. The molecule has 0 saturated carbocycles. The third-order valence-electron chi connectivity index (χ3n) is 0.763. The molecule has 30 valence electrons. The fourth-order valence-corrected chi connectivity index (χ4v) is 0.274. The summed E-state index contributed by atoms with van der Waals surface area (Å²) in [4.78, 5) is 0. The predicted molar refractivity (Wildman–Crippen MR) is 20.6 cm³/mol. The summed E-state index contributed by atoms with van der Waals surface area (Å²) in [5.41, 5.74) is 2.97. The smallest absolute Gasteiger partial charge is 0.0273 e. The van der Waals surface area contributed by atoms with Gasteiger partial charge in [-0.05, 0) is 7.05 Å². The van der Waals surface area contributed by atoms with Gasteiger partial charge in [0.1, 0.15) is 0 Å². The molecule has 0 aromatic rings. The minimum atomic E-state index is 1.23. The van der Waals surface area contributed by atoms with Crippen molar-refractivity contribution in [2.45, 2.75) is 0 Å². The number of nitrogens with zero attached hydrogens (tertiary/aromatic N) is 1. The predicted octanol–water partition coefficient (Wildman–Crippen LogP) is -0.564. The van der Waals surface area contributed by atoms with Crippen molar-refractivity contribution in [2.75, 3.05) is 20.1 Å². The minimum absolute atomic E-state index is 1.23. The quantitative estimate of drug-likeness (QED) is 0.417. The Morgan fingerprint density at radius 1 is 1.60 bits per heavy atom. The molecule has 0 radical (unpaired) electrons. The second-order valence-electron chi connectivity index (χ2n) is 1.21. The summed E-state index contributed by atoms with van der Waals surface area (Å²) in [5, 5.41) is 2.12. The van der Waals surface area contributed by atoms with Crippen LogP contribution in [-0.2, 0) is 0 Å². The fraction of sp³-hybridized carbons (Fsp3) is 1.00. The molecule has 0 aromatic heterocycles. The Hall–Kier alpha value is -0.0800. The van der Waals surface area contributed by atoms with Crippen molar-refractivity contribution in [3.8, 4) is 0 Å². The van der Waals surface area contributed by atoms with Gasteiger partial charge in [-0.25, -0.2) is 5.01 Å². The van der Waals surface area contributed by atoms with Crippen molar-refractivity contribution in [1.29, 1.82) is 0 Å². The van der Waals surface area contributed by atoms with Gasteiger partial charge < -0.3 is 0 Å². The van der Waals surface area contributed by atoms with Crippen LogP contribution in [0.5, 0.6) is 0 Å². The molecule has 5 heavy (non-hydrogen) atoms. The van der Waals surface area contributed by atoms with Crippen molar-refractivity contribution in [2.24, 2.45) is 0 Å². The Morgan fingerprint density at radius 3 is 2.20 bits per heavy atom. The normalized spacial score (nSPS) is 23.4. The lowest BCUT2D eigenvalue weighted by atomic mass is 11.0. The molecule has 0 amide bonds. The fourth-order valence-electron chi connectivity index (χ4n) is 0.274. The van der Waals surface area contributed by atoms with E-state index >= 15 is 0 Å². The maximum absolute atomic E-state index is 2.97. The maximum Gasteiger partial charge on any atom is 0.0273 e. The Morgan fingerprint density at radius 2 is 2.20 bits per heavy atom. The largest absolute Gasteiger partial charge is 0.258 e. The van der Waals surface area contributed by atoms with Gasteiger partial charge in [-0.2, -0.15) is 0 Å². The summed E-state index contributed by atoms with van der Waals surface area (Å²) in [5.74, 6) is 0. The Balaban J connectivity index is 2.00. The van der Waals surface area contributed by atoms with Gasteiger partial charge in [0.25, 0.3) is 0 Å². The average molecular weight is 72.1 g/mol. The lowest BCUT2D eigenvalue weighted by Crippen LogP contribution is -2.12. The standard InChI is InChI=1S/C3H8N2/c1-4-5-2-3-5/h4H,2-3H2,1H3. The Labute approximate surface area is 31.7 Å². The molecule has 0 unspecified atom stereocenters. The second-order valence-corrected chi connectivity index (χ2v) is 1.21. The van der Waals surface area contributed by atoms with E-state index in [4.69, 9.17) is 0 Å². The monoisotopic (exact) mass is 72.1 g/mol. The molecule has 2 nitrogen and oxygen atoms in total. The molecule has 0 aromatic carbocycles. The topological polar surface area (TPSA) is 15.0 Å². The summed E-state index contributed by atoms with van der Waals surface area (Å²) in [6.45, 7) is 2.47. The van der Waals surface area contributed by atoms with Gasteiger partial charge in [0.15, 0.2) is 0 Å². The highest BCUT2D eigenvalue weighted by molar-refractivity contribution is 4.63. The minimum Gasteiger partial charge on any atom is -0.258 e. The van der Waals surface area contributed by atoms with E-state index in [1.54, 1.807) is 0 Å². The van der Waals surface area contributed by atoms with Crippen molar-refractivity contribution >= 4 is 0 Å². The van der Waals surface area contributed by atoms with Crippen molar-refractivity contribution < 1.29 is 0 Å². The Kier molecular flexibility index (Phi) is 0.596. The second kappa shape index (κ2) is 0.954. The summed E-state index contributed by atoms with van der Waals surface area (Å²) in [6, 6.07) is 0. The molecular formula is C3H8N2. The van der Waals surface area contributed by atoms with Crippen LogP contribution in [0.4, 0.5) is 0 Å². The molecular weight excluding hydrogens is 64.0 g/mol. The van der Waals surface area contributed by atoms with Crippen LogP contribution in [0, 0.1) is 0 Å². The number of hydrogen-bond donors (Lipinski definition) is 1. The van der Waals surface area contributed by atoms with Crippen LogP contribution in [0.25, 0.3) is 0 Å². The van der Waals surface area contributed by atoms with E-state index in [0.717, 1.165) is 0 Å². The zero-order chi connectivity index (χ0) is 3.70. The molecule has 1 heterocycles. The molecule has 0 aliphatic carbocycles. The Bertz CT molecular complexity index is 31.9. The highest BCUT2D eigenvalue weighted by Gasteiger charge is 2.12. The van der Waals surface area contributed by atoms with Crippen LogP contribution < -0.4 is 5.43 Å². The summed E-state index contributed by atoms with van der Waals surface area (Å²) >= 11 is 0. The molecule has 1 N–H and O–H groups in total. The first-order valence-electron chi connectivity index (χ1n) is 1.86. The molecule has 0 atom stereocenters. The van der Waals surface area contributed by atoms with Gasteiger partial charge in [0.2, 0.25) is 0 Å². The van der Waals surface area contributed by atoms with Crippen LogP contribution in [0.2, 0.25) is 0 Å². The summed E-state index contributed by atoms with van der Waals surface area (Å²) < 4.78 is 0. The molecule has 1 saturated heterocycles. The number of hydrogen-bond acceptors (Lipinski definition) is 2. The van der Waals surface area contributed by atoms with E-state index in [0.29, 0.717) is 0 Å². The third-order valence-corrected chi connectivity index (χ3v) is 0.763. The number of hydrazine groups is 1. The maximum atomic E-state index is 2.97. The van der Waals surface area contributed by atoms with Gasteiger partial charge >= 0.3 is 0 Å². The zero-order valence-corrected chi connectivity index (χ0v) is 3.36. The zero-order valence-electron chi connectivity index (χ0n) is 3.36. The van der Waals surface area contributed by atoms with Crippen LogP contribution in [-0.4, -0.2) is 25.1 Å². The van der Waals surface area contributed by atoms with Crippen LogP contribution >= 0.6 is 0 Å². The van der Waals surface area contributed by atoms with Gasteiger partial charge in [-0.15, -0.1) is 0 Å². The van der Waals surface area contributed by atoms with Crippen LogP contribution in [0.1, 0.15) is 0 Å². The molecule has 1 aliphatic rings. The van der Waals surface area contributed by atoms with E-state index in [1.165, 1.54) is 13.1 Å². The van der Waals surface area contributed by atoms with E-state index in [1.807, 2.05) is 7.05 Å². The third kappa shape index (κ3) is 0.597. The van der Waals surface area contributed by atoms with Crippen molar-refractivity contribution in [3.05, 3.63) is 0 Å². The molecule has 0 bridgehead atoms.